The molecule has 0 spiro atoms. The summed E-state index contributed by atoms with van der Waals surface area (Å²) in [6.45, 7) is 0.476. The summed E-state index contributed by atoms with van der Waals surface area (Å²) in [5.41, 5.74) is 1.18. The van der Waals surface area contributed by atoms with Crippen molar-refractivity contribution in [2.75, 3.05) is 21.3 Å². The van der Waals surface area contributed by atoms with Crippen molar-refractivity contribution in [1.29, 1.82) is 0 Å². The number of hydrogen-bond acceptors (Lipinski definition) is 6. The van der Waals surface area contributed by atoms with Gasteiger partial charge >= 0.3 is 0 Å². The summed E-state index contributed by atoms with van der Waals surface area (Å²) < 4.78 is 18.2. The number of halogens is 1. The number of rotatable bonds is 8. The highest BCUT2D eigenvalue weighted by Gasteiger charge is 2.13. The van der Waals surface area contributed by atoms with Crippen LogP contribution in [0.4, 0.5) is 0 Å². The zero-order chi connectivity index (χ0) is 21.7. The number of hydrogen-bond donors (Lipinski definition) is 1. The van der Waals surface area contributed by atoms with E-state index in [9.17, 15) is 9.59 Å². The summed E-state index contributed by atoms with van der Waals surface area (Å²) in [4.78, 5) is 29.2. The van der Waals surface area contributed by atoms with Gasteiger partial charge in [0.1, 0.15) is 5.75 Å². The molecule has 0 aliphatic carbocycles. The topological polar surface area (TPSA) is 91.7 Å². The van der Waals surface area contributed by atoms with Crippen molar-refractivity contribution >= 4 is 32.7 Å². The summed E-state index contributed by atoms with van der Waals surface area (Å²) >= 11 is 3.36. The van der Waals surface area contributed by atoms with Crippen molar-refractivity contribution < 1.29 is 19.0 Å². The summed E-state index contributed by atoms with van der Waals surface area (Å²) in [7, 11) is 4.63. The molecule has 0 aliphatic rings. The molecule has 0 bridgehead atoms. The van der Waals surface area contributed by atoms with Crippen LogP contribution >= 0.6 is 15.9 Å². The lowest BCUT2D eigenvalue weighted by Gasteiger charge is -2.14. The molecular weight excluding hydrogens is 454 g/mol. The van der Waals surface area contributed by atoms with Crippen molar-refractivity contribution in [2.24, 2.45) is 0 Å². The Labute approximate surface area is 181 Å². The fourth-order valence-electron chi connectivity index (χ4n) is 3.03. The number of carbonyl (C=O) groups is 1. The summed E-state index contributed by atoms with van der Waals surface area (Å²) in [6.07, 6.45) is 1.60. The normalized spacial score (nSPS) is 10.7. The molecule has 1 N–H and O–H groups in total. The second kappa shape index (κ2) is 9.62. The molecule has 0 saturated heterocycles. The van der Waals surface area contributed by atoms with Gasteiger partial charge in [0.25, 0.3) is 5.56 Å². The average molecular weight is 476 g/mol. The summed E-state index contributed by atoms with van der Waals surface area (Å²) in [5, 5.41) is 3.34. The molecule has 9 heteroatoms. The minimum Gasteiger partial charge on any atom is -0.496 e. The Hall–Kier alpha value is -3.07. The first-order valence-corrected chi connectivity index (χ1v) is 9.96. The van der Waals surface area contributed by atoms with E-state index in [1.807, 2.05) is 6.07 Å². The van der Waals surface area contributed by atoms with Gasteiger partial charge in [-0.15, -0.1) is 0 Å². The van der Waals surface area contributed by atoms with Crippen LogP contribution in [0.3, 0.4) is 0 Å². The quantitative estimate of drug-likeness (QED) is 0.538. The highest BCUT2D eigenvalue weighted by Crippen LogP contribution is 2.34. The molecular formula is C21H22BrN3O5. The van der Waals surface area contributed by atoms with E-state index in [0.717, 1.165) is 10.0 Å². The minimum absolute atomic E-state index is 0.136. The van der Waals surface area contributed by atoms with E-state index < -0.39 is 0 Å². The molecule has 3 rings (SSSR count). The van der Waals surface area contributed by atoms with Gasteiger partial charge < -0.3 is 19.5 Å². The van der Waals surface area contributed by atoms with E-state index in [1.165, 1.54) is 10.9 Å². The number of ether oxygens (including phenoxy) is 3. The van der Waals surface area contributed by atoms with Crippen molar-refractivity contribution in [3.05, 3.63) is 57.0 Å². The maximum absolute atomic E-state index is 12.6. The third-order valence-electron chi connectivity index (χ3n) is 4.63. The largest absolute Gasteiger partial charge is 0.496 e. The zero-order valence-corrected chi connectivity index (χ0v) is 18.5. The standard InChI is InChI=1S/C21H22BrN3O5/c1-28-17-10-19(30-3)18(29-2)8-13(17)11-23-20(26)6-7-25-12-24-16-5-4-14(22)9-15(16)21(25)27/h4-5,8-10,12H,6-7,11H2,1-3H3,(H,23,26). The third kappa shape index (κ3) is 4.73. The van der Waals surface area contributed by atoms with Gasteiger partial charge in [0, 0.05) is 35.6 Å². The molecule has 0 fully saturated rings. The van der Waals surface area contributed by atoms with Crippen LogP contribution in [0.2, 0.25) is 0 Å². The van der Waals surface area contributed by atoms with E-state index in [1.54, 1.807) is 45.6 Å². The van der Waals surface area contributed by atoms with Crippen LogP contribution in [0.15, 0.2) is 45.9 Å². The van der Waals surface area contributed by atoms with Gasteiger partial charge in [0.05, 0.1) is 38.6 Å². The van der Waals surface area contributed by atoms with E-state index in [-0.39, 0.29) is 31.0 Å². The Balaban J connectivity index is 1.66. The number of amides is 1. The van der Waals surface area contributed by atoms with Gasteiger partial charge in [-0.05, 0) is 24.3 Å². The highest BCUT2D eigenvalue weighted by atomic mass is 79.9. The van der Waals surface area contributed by atoms with Crippen LogP contribution in [-0.2, 0) is 17.9 Å². The first kappa shape index (κ1) is 21.6. The predicted molar refractivity (Wildman–Crippen MR) is 116 cm³/mol. The Morgan fingerprint density at radius 2 is 1.77 bits per heavy atom. The van der Waals surface area contributed by atoms with E-state index >= 15 is 0 Å². The molecule has 2 aromatic carbocycles. The van der Waals surface area contributed by atoms with Gasteiger partial charge in [-0.3, -0.25) is 14.2 Å². The molecule has 1 heterocycles. The lowest BCUT2D eigenvalue weighted by Crippen LogP contribution is -2.27. The fraction of sp³-hybridized carbons (Fsp3) is 0.286. The highest BCUT2D eigenvalue weighted by molar-refractivity contribution is 9.10. The lowest BCUT2D eigenvalue weighted by atomic mass is 10.1. The summed E-state index contributed by atoms with van der Waals surface area (Å²) in [6, 6.07) is 8.79. The first-order valence-electron chi connectivity index (χ1n) is 9.17. The van der Waals surface area contributed by atoms with Gasteiger partial charge in [-0.25, -0.2) is 4.98 Å². The molecule has 8 nitrogen and oxygen atoms in total. The van der Waals surface area contributed by atoms with Gasteiger partial charge in [-0.1, -0.05) is 15.9 Å². The number of benzene rings is 2. The van der Waals surface area contributed by atoms with E-state index in [4.69, 9.17) is 14.2 Å². The van der Waals surface area contributed by atoms with Crippen LogP contribution in [0.5, 0.6) is 17.2 Å². The predicted octanol–water partition coefficient (Wildman–Crippen LogP) is 2.89. The zero-order valence-electron chi connectivity index (χ0n) is 16.9. The fourth-order valence-corrected chi connectivity index (χ4v) is 3.39. The number of aromatic nitrogens is 2. The molecule has 0 aliphatic heterocycles. The maximum Gasteiger partial charge on any atom is 0.261 e. The van der Waals surface area contributed by atoms with Crippen LogP contribution in [0, 0.1) is 0 Å². The Morgan fingerprint density at radius 3 is 2.47 bits per heavy atom. The van der Waals surface area contributed by atoms with Crippen molar-refractivity contribution in [1.82, 2.24) is 14.9 Å². The smallest absolute Gasteiger partial charge is 0.261 e. The number of carbonyl (C=O) groups excluding carboxylic acids is 1. The molecule has 0 saturated carbocycles. The molecule has 1 aromatic heterocycles. The summed E-state index contributed by atoms with van der Waals surface area (Å²) in [5.74, 6) is 1.46. The number of aryl methyl sites for hydroxylation is 1. The number of fused-ring (bicyclic) bond motifs is 1. The van der Waals surface area contributed by atoms with Crippen LogP contribution in [0.25, 0.3) is 10.9 Å². The second-order valence-corrected chi connectivity index (χ2v) is 7.37. The molecule has 0 atom stereocenters. The molecule has 0 unspecified atom stereocenters. The number of nitrogens with zero attached hydrogens (tertiary/aromatic N) is 2. The lowest BCUT2D eigenvalue weighted by molar-refractivity contribution is -0.121. The third-order valence-corrected chi connectivity index (χ3v) is 5.12. The molecule has 0 radical (unpaired) electrons. The average Bonchev–Trinajstić information content (AvgIpc) is 2.76. The maximum atomic E-state index is 12.6. The number of nitrogens with one attached hydrogen (secondary N) is 1. The van der Waals surface area contributed by atoms with Gasteiger partial charge in [0.2, 0.25) is 5.91 Å². The van der Waals surface area contributed by atoms with Crippen LogP contribution in [0.1, 0.15) is 12.0 Å². The van der Waals surface area contributed by atoms with Crippen molar-refractivity contribution in [3.63, 3.8) is 0 Å². The molecule has 3 aromatic rings. The monoisotopic (exact) mass is 475 g/mol. The molecule has 158 valence electrons. The van der Waals surface area contributed by atoms with Gasteiger partial charge in [-0.2, -0.15) is 0 Å². The Morgan fingerprint density at radius 1 is 1.07 bits per heavy atom. The van der Waals surface area contributed by atoms with E-state index in [0.29, 0.717) is 28.2 Å². The van der Waals surface area contributed by atoms with Crippen LogP contribution < -0.4 is 25.1 Å². The van der Waals surface area contributed by atoms with Crippen molar-refractivity contribution in [2.45, 2.75) is 19.5 Å². The Bertz CT molecular complexity index is 1130. The first-order chi connectivity index (χ1) is 14.5. The van der Waals surface area contributed by atoms with Crippen molar-refractivity contribution in [3.8, 4) is 17.2 Å². The van der Waals surface area contributed by atoms with Gasteiger partial charge in [0.15, 0.2) is 11.5 Å². The number of methoxy groups -OCH3 is 3. The minimum atomic E-state index is -0.201. The van der Waals surface area contributed by atoms with E-state index in [2.05, 4.69) is 26.2 Å². The SMILES string of the molecule is COc1cc(OC)c(OC)cc1CNC(=O)CCn1cnc2ccc(Br)cc2c1=O. The Kier molecular flexibility index (Phi) is 6.94. The molecule has 1 amide bonds. The van der Waals surface area contributed by atoms with Crippen LogP contribution in [-0.4, -0.2) is 36.8 Å². The molecule has 30 heavy (non-hydrogen) atoms. The second-order valence-electron chi connectivity index (χ2n) is 6.45.